The van der Waals surface area contributed by atoms with Gasteiger partial charge < -0.3 is 9.84 Å². The van der Waals surface area contributed by atoms with E-state index in [-0.39, 0.29) is 17.8 Å². The fourth-order valence-electron chi connectivity index (χ4n) is 5.33. The number of aliphatic hydroxyl groups excluding tert-OH is 1. The van der Waals surface area contributed by atoms with E-state index >= 15 is 0 Å². The van der Waals surface area contributed by atoms with E-state index in [1.165, 1.54) is 64.2 Å². The Kier molecular flexibility index (Phi) is 4.95. The smallest absolute Gasteiger partial charge is 0.0724 e. The zero-order chi connectivity index (χ0) is 14.9. The molecule has 2 heteroatoms. The van der Waals surface area contributed by atoms with E-state index in [1.807, 2.05) is 6.92 Å². The summed E-state index contributed by atoms with van der Waals surface area (Å²) < 4.78 is 6.51. The van der Waals surface area contributed by atoms with Crippen LogP contribution >= 0.6 is 0 Å². The molecule has 0 spiro atoms. The van der Waals surface area contributed by atoms with Crippen LogP contribution in [-0.4, -0.2) is 22.9 Å². The van der Waals surface area contributed by atoms with Crippen molar-refractivity contribution in [3.05, 3.63) is 0 Å². The molecule has 0 amide bonds. The Balaban J connectivity index is 1.62. The first kappa shape index (κ1) is 15.8. The van der Waals surface area contributed by atoms with Crippen LogP contribution in [-0.2, 0) is 4.74 Å². The van der Waals surface area contributed by atoms with Crippen LogP contribution in [0.4, 0.5) is 0 Å². The first-order valence-corrected chi connectivity index (χ1v) is 9.45. The second-order valence-corrected chi connectivity index (χ2v) is 8.30. The van der Waals surface area contributed by atoms with Crippen molar-refractivity contribution in [1.29, 1.82) is 0 Å². The minimum Gasteiger partial charge on any atom is -0.393 e. The largest absolute Gasteiger partial charge is 0.393 e. The third-order valence-electron chi connectivity index (χ3n) is 6.22. The number of fused-ring (bicyclic) bond motifs is 4. The van der Waals surface area contributed by atoms with Crippen molar-refractivity contribution in [3.63, 3.8) is 0 Å². The molecule has 1 unspecified atom stereocenters. The van der Waals surface area contributed by atoms with Gasteiger partial charge in [-0.2, -0.15) is 0 Å². The first-order chi connectivity index (χ1) is 10.1. The normalized spacial score (nSPS) is 42.7. The zero-order valence-corrected chi connectivity index (χ0v) is 14.0. The third-order valence-corrected chi connectivity index (χ3v) is 6.22. The summed E-state index contributed by atoms with van der Waals surface area (Å²) in [5.41, 5.74) is 0.209. The maximum absolute atomic E-state index is 9.58. The van der Waals surface area contributed by atoms with Crippen LogP contribution in [0.25, 0.3) is 0 Å². The lowest BCUT2D eigenvalue weighted by Crippen LogP contribution is -2.34. The third kappa shape index (κ3) is 3.82. The summed E-state index contributed by atoms with van der Waals surface area (Å²) in [6.45, 7) is 4.03. The van der Waals surface area contributed by atoms with Crippen LogP contribution in [0, 0.1) is 17.8 Å². The number of hydrogen-bond donors (Lipinski definition) is 1. The predicted octanol–water partition coefficient (Wildman–Crippen LogP) is 4.69. The second-order valence-electron chi connectivity index (χ2n) is 8.30. The Morgan fingerprint density at radius 3 is 2.52 bits per heavy atom. The fourth-order valence-corrected chi connectivity index (χ4v) is 5.33. The van der Waals surface area contributed by atoms with Gasteiger partial charge in [-0.25, -0.2) is 0 Å². The van der Waals surface area contributed by atoms with Crippen molar-refractivity contribution in [2.75, 3.05) is 0 Å². The highest BCUT2D eigenvalue weighted by atomic mass is 16.5. The minimum atomic E-state index is -0.241. The molecule has 3 rings (SSSR count). The molecule has 0 aromatic rings. The van der Waals surface area contributed by atoms with Crippen molar-refractivity contribution in [2.24, 2.45) is 17.8 Å². The Bertz CT molecular complexity index is 340. The number of rotatable bonds is 4. The van der Waals surface area contributed by atoms with E-state index < -0.39 is 0 Å². The van der Waals surface area contributed by atoms with Crippen molar-refractivity contribution in [1.82, 2.24) is 0 Å². The van der Waals surface area contributed by atoms with Gasteiger partial charge in [-0.05, 0) is 57.3 Å². The Labute approximate surface area is 130 Å². The molecule has 21 heavy (non-hydrogen) atoms. The second kappa shape index (κ2) is 6.58. The lowest BCUT2D eigenvalue weighted by molar-refractivity contribution is -0.0782. The van der Waals surface area contributed by atoms with Crippen LogP contribution in [0.2, 0.25) is 0 Å². The van der Waals surface area contributed by atoms with Gasteiger partial charge >= 0.3 is 0 Å². The van der Waals surface area contributed by atoms with Crippen molar-refractivity contribution >= 4 is 0 Å². The molecule has 3 saturated carbocycles. The Morgan fingerprint density at radius 1 is 1.05 bits per heavy atom. The average molecular weight is 294 g/mol. The average Bonchev–Trinajstić information content (AvgIpc) is 3.10. The summed E-state index contributed by atoms with van der Waals surface area (Å²) in [7, 11) is 0. The number of hydrogen-bond acceptors (Lipinski definition) is 2. The summed E-state index contributed by atoms with van der Waals surface area (Å²) in [5, 5.41) is 9.58. The van der Waals surface area contributed by atoms with E-state index in [1.54, 1.807) is 0 Å². The molecule has 0 radical (unpaired) electrons. The van der Waals surface area contributed by atoms with E-state index in [2.05, 4.69) is 6.92 Å². The molecule has 122 valence electrons. The first-order valence-electron chi connectivity index (χ1n) is 9.45. The number of ether oxygens (including phenoxy) is 1. The van der Waals surface area contributed by atoms with E-state index in [0.29, 0.717) is 0 Å². The van der Waals surface area contributed by atoms with Crippen LogP contribution < -0.4 is 0 Å². The number of aliphatic hydroxyl groups is 1. The standard InChI is InChI=1S/C19H34O2/c1-14(20)10-15(2)21-19-12-16-8-6-4-3-5-7-9-17(11-16)18(19)13-19/h14-18,20H,3-13H2,1-2H3/t14-,15-,16+,17-,18?,19-/m0/s1. The molecule has 0 saturated heterocycles. The van der Waals surface area contributed by atoms with Gasteiger partial charge in [0.1, 0.15) is 0 Å². The Morgan fingerprint density at radius 2 is 1.76 bits per heavy atom. The Hall–Kier alpha value is -0.0800. The van der Waals surface area contributed by atoms with Crippen molar-refractivity contribution in [3.8, 4) is 0 Å². The van der Waals surface area contributed by atoms with E-state index in [0.717, 1.165) is 24.2 Å². The SMILES string of the molecule is C[C@H](O)C[C@H](C)O[C@@]12CC1[C@H]1CCCCCCC[C@H](C1)C2. The van der Waals surface area contributed by atoms with Gasteiger partial charge in [0.25, 0.3) is 0 Å². The molecule has 2 nitrogen and oxygen atoms in total. The molecule has 0 heterocycles. The van der Waals surface area contributed by atoms with Gasteiger partial charge in [0.15, 0.2) is 0 Å². The highest BCUT2D eigenvalue weighted by Gasteiger charge is 2.62. The quantitative estimate of drug-likeness (QED) is 0.815. The highest BCUT2D eigenvalue weighted by molar-refractivity contribution is 5.12. The molecule has 0 aromatic carbocycles. The van der Waals surface area contributed by atoms with Gasteiger partial charge in [-0.1, -0.05) is 44.9 Å². The lowest BCUT2D eigenvalue weighted by Gasteiger charge is -2.37. The summed E-state index contributed by atoms with van der Waals surface area (Å²) in [6.07, 6.45) is 14.9. The maximum Gasteiger partial charge on any atom is 0.0724 e. The maximum atomic E-state index is 9.58. The molecular weight excluding hydrogens is 260 g/mol. The molecule has 6 atom stereocenters. The molecule has 1 N–H and O–H groups in total. The van der Waals surface area contributed by atoms with E-state index in [4.69, 9.17) is 4.74 Å². The van der Waals surface area contributed by atoms with Gasteiger partial charge in [-0.15, -0.1) is 0 Å². The molecule has 3 aliphatic rings. The molecular formula is C19H34O2. The van der Waals surface area contributed by atoms with E-state index in [9.17, 15) is 5.11 Å². The van der Waals surface area contributed by atoms with Crippen LogP contribution in [0.3, 0.4) is 0 Å². The summed E-state index contributed by atoms with van der Waals surface area (Å²) in [6, 6.07) is 0. The molecule has 0 aliphatic heterocycles. The van der Waals surface area contributed by atoms with Gasteiger partial charge in [-0.3, -0.25) is 0 Å². The predicted molar refractivity (Wildman–Crippen MR) is 86.2 cm³/mol. The summed E-state index contributed by atoms with van der Waals surface area (Å²) in [4.78, 5) is 0. The topological polar surface area (TPSA) is 29.5 Å². The lowest BCUT2D eigenvalue weighted by atomic mass is 9.75. The minimum absolute atomic E-state index is 0.209. The fraction of sp³-hybridized carbons (Fsp3) is 1.00. The monoisotopic (exact) mass is 294 g/mol. The van der Waals surface area contributed by atoms with Crippen LogP contribution in [0.5, 0.6) is 0 Å². The van der Waals surface area contributed by atoms with Gasteiger partial charge in [0.2, 0.25) is 0 Å². The molecule has 0 aromatic heterocycles. The van der Waals surface area contributed by atoms with Crippen molar-refractivity contribution in [2.45, 2.75) is 102 Å². The molecule has 3 aliphatic carbocycles. The van der Waals surface area contributed by atoms with Gasteiger partial charge in [0, 0.05) is 0 Å². The molecule has 2 bridgehead atoms. The summed E-state index contributed by atoms with van der Waals surface area (Å²) >= 11 is 0. The van der Waals surface area contributed by atoms with Crippen molar-refractivity contribution < 1.29 is 9.84 Å². The molecule has 3 fully saturated rings. The van der Waals surface area contributed by atoms with Crippen LogP contribution in [0.15, 0.2) is 0 Å². The van der Waals surface area contributed by atoms with Crippen LogP contribution in [0.1, 0.15) is 84.5 Å². The van der Waals surface area contributed by atoms with Gasteiger partial charge in [0.05, 0.1) is 17.8 Å². The summed E-state index contributed by atoms with van der Waals surface area (Å²) in [5.74, 6) is 2.68. The zero-order valence-electron chi connectivity index (χ0n) is 14.0. The highest BCUT2D eigenvalue weighted by Crippen LogP contribution is 2.62.